The molecule has 2 N–H and O–H groups in total. The first-order valence-electron chi connectivity index (χ1n) is 4.53. The van der Waals surface area contributed by atoms with Crippen molar-refractivity contribution in [1.29, 1.82) is 0 Å². The number of benzene rings is 1. The summed E-state index contributed by atoms with van der Waals surface area (Å²) in [6.07, 6.45) is 0. The highest BCUT2D eigenvalue weighted by molar-refractivity contribution is 5.84. The van der Waals surface area contributed by atoms with E-state index in [-0.39, 0.29) is 17.4 Å². The summed E-state index contributed by atoms with van der Waals surface area (Å²) in [6.45, 7) is 3.82. The van der Waals surface area contributed by atoms with E-state index in [1.54, 1.807) is 12.1 Å². The maximum atomic E-state index is 11.8. The second kappa shape index (κ2) is 2.90. The van der Waals surface area contributed by atoms with Crippen LogP contribution in [0.2, 0.25) is 0 Å². The Hall–Kier alpha value is -1.71. The summed E-state index contributed by atoms with van der Waals surface area (Å²) in [5, 5.41) is 12.8. The lowest BCUT2D eigenvalue weighted by Crippen LogP contribution is -2.18. The number of fused-ring (bicyclic) bond motifs is 1. The lowest BCUT2D eigenvalue weighted by Gasteiger charge is -2.02. The third-order valence-electron chi connectivity index (χ3n) is 2.23. The molecule has 0 amide bonds. The fourth-order valence-electron chi connectivity index (χ4n) is 1.52. The van der Waals surface area contributed by atoms with Gasteiger partial charge in [0.2, 0.25) is 0 Å². The maximum absolute atomic E-state index is 11.8. The normalized spacial score (nSPS) is 11.4. The third-order valence-corrected chi connectivity index (χ3v) is 2.23. The van der Waals surface area contributed by atoms with Gasteiger partial charge in [-0.25, -0.2) is 4.68 Å². The summed E-state index contributed by atoms with van der Waals surface area (Å²) in [6, 6.07) is 5.06. The highest BCUT2D eigenvalue weighted by Gasteiger charge is 2.11. The standard InChI is InChI=1S/C10H12N2O2/c1-6(2)12-10(14)9-7(11-12)4-3-5-8(9)13/h3-6,11,13H,1-2H3. The number of phenolic OH excluding ortho intramolecular Hbond substituents is 1. The third kappa shape index (κ3) is 1.11. The molecule has 1 aromatic heterocycles. The van der Waals surface area contributed by atoms with E-state index < -0.39 is 0 Å². The average Bonchev–Trinajstić information content (AvgIpc) is 2.45. The monoisotopic (exact) mass is 192 g/mol. The fraction of sp³-hybridized carbons (Fsp3) is 0.300. The van der Waals surface area contributed by atoms with Gasteiger partial charge in [-0.05, 0) is 26.0 Å². The number of rotatable bonds is 1. The smallest absolute Gasteiger partial charge is 0.278 e. The van der Waals surface area contributed by atoms with Gasteiger partial charge in [0, 0.05) is 6.04 Å². The molecule has 0 fully saturated rings. The Morgan fingerprint density at radius 3 is 2.71 bits per heavy atom. The van der Waals surface area contributed by atoms with E-state index in [2.05, 4.69) is 5.10 Å². The molecule has 0 unspecified atom stereocenters. The minimum absolute atomic E-state index is 0.0307. The quantitative estimate of drug-likeness (QED) is 0.721. The minimum atomic E-state index is -0.173. The Morgan fingerprint density at radius 2 is 2.14 bits per heavy atom. The van der Waals surface area contributed by atoms with Crippen LogP contribution in [0.15, 0.2) is 23.0 Å². The van der Waals surface area contributed by atoms with Crippen LogP contribution in [0.4, 0.5) is 0 Å². The molecule has 4 heteroatoms. The lowest BCUT2D eigenvalue weighted by atomic mass is 10.2. The molecule has 0 spiro atoms. The lowest BCUT2D eigenvalue weighted by molar-refractivity contribution is 0.480. The van der Waals surface area contributed by atoms with Gasteiger partial charge in [-0.2, -0.15) is 0 Å². The van der Waals surface area contributed by atoms with Crippen LogP contribution in [0.3, 0.4) is 0 Å². The molecule has 0 aliphatic rings. The minimum Gasteiger partial charge on any atom is -0.507 e. The van der Waals surface area contributed by atoms with Gasteiger partial charge in [0.1, 0.15) is 11.1 Å². The van der Waals surface area contributed by atoms with Gasteiger partial charge in [-0.15, -0.1) is 0 Å². The van der Waals surface area contributed by atoms with Crippen molar-refractivity contribution in [3.8, 4) is 5.75 Å². The number of nitrogens with zero attached hydrogens (tertiary/aromatic N) is 1. The molecular weight excluding hydrogens is 180 g/mol. The van der Waals surface area contributed by atoms with Gasteiger partial charge in [-0.1, -0.05) is 6.07 Å². The van der Waals surface area contributed by atoms with Gasteiger partial charge in [-0.3, -0.25) is 9.89 Å². The molecule has 2 aromatic rings. The van der Waals surface area contributed by atoms with E-state index in [1.165, 1.54) is 10.7 Å². The van der Waals surface area contributed by atoms with Crippen LogP contribution in [-0.4, -0.2) is 14.9 Å². The largest absolute Gasteiger partial charge is 0.507 e. The van der Waals surface area contributed by atoms with Crippen molar-refractivity contribution in [2.24, 2.45) is 0 Å². The molecule has 2 rings (SSSR count). The van der Waals surface area contributed by atoms with Crippen LogP contribution in [-0.2, 0) is 0 Å². The highest BCUT2D eigenvalue weighted by atomic mass is 16.3. The first-order chi connectivity index (χ1) is 6.61. The molecule has 0 aliphatic carbocycles. The Bertz CT molecular complexity index is 522. The number of H-pyrrole nitrogens is 1. The van der Waals surface area contributed by atoms with E-state index in [0.717, 1.165) is 0 Å². The van der Waals surface area contributed by atoms with E-state index in [9.17, 15) is 9.90 Å². The van der Waals surface area contributed by atoms with Crippen molar-refractivity contribution in [2.45, 2.75) is 19.9 Å². The molecule has 1 aromatic carbocycles. The van der Waals surface area contributed by atoms with E-state index in [0.29, 0.717) is 10.9 Å². The summed E-state index contributed by atoms with van der Waals surface area (Å²) >= 11 is 0. The maximum Gasteiger partial charge on any atom is 0.278 e. The van der Waals surface area contributed by atoms with Crippen LogP contribution < -0.4 is 5.56 Å². The predicted octanol–water partition coefficient (Wildman–Crippen LogP) is 1.62. The Balaban J connectivity index is 2.88. The molecule has 0 bridgehead atoms. The van der Waals surface area contributed by atoms with Crippen LogP contribution in [0.1, 0.15) is 19.9 Å². The van der Waals surface area contributed by atoms with E-state index in [4.69, 9.17) is 0 Å². The van der Waals surface area contributed by atoms with Crippen LogP contribution >= 0.6 is 0 Å². The molecule has 0 aliphatic heterocycles. The second-order valence-electron chi connectivity index (χ2n) is 3.58. The van der Waals surface area contributed by atoms with Crippen molar-refractivity contribution in [1.82, 2.24) is 9.78 Å². The highest BCUT2D eigenvalue weighted by Crippen LogP contribution is 2.19. The molecule has 0 atom stereocenters. The Kier molecular flexibility index (Phi) is 1.84. The van der Waals surface area contributed by atoms with Crippen molar-refractivity contribution in [3.63, 3.8) is 0 Å². The van der Waals surface area contributed by atoms with Gasteiger partial charge >= 0.3 is 0 Å². The number of hydrogen-bond donors (Lipinski definition) is 2. The number of aromatic amines is 1. The first kappa shape index (κ1) is 8.87. The second-order valence-corrected chi connectivity index (χ2v) is 3.58. The number of phenols is 1. The number of hydrogen-bond acceptors (Lipinski definition) is 2. The first-order valence-corrected chi connectivity index (χ1v) is 4.53. The molecular formula is C10H12N2O2. The van der Waals surface area contributed by atoms with Crippen molar-refractivity contribution < 1.29 is 5.11 Å². The molecule has 0 radical (unpaired) electrons. The average molecular weight is 192 g/mol. The van der Waals surface area contributed by atoms with Gasteiger partial charge < -0.3 is 5.11 Å². The summed E-state index contributed by atoms with van der Waals surface area (Å²) in [5.41, 5.74) is 0.497. The van der Waals surface area contributed by atoms with Crippen molar-refractivity contribution >= 4 is 10.9 Å². The van der Waals surface area contributed by atoms with Gasteiger partial charge in [0.15, 0.2) is 0 Å². The van der Waals surface area contributed by atoms with Crippen molar-refractivity contribution in [3.05, 3.63) is 28.6 Å². The molecule has 14 heavy (non-hydrogen) atoms. The molecule has 4 nitrogen and oxygen atoms in total. The summed E-state index contributed by atoms with van der Waals surface area (Å²) < 4.78 is 1.50. The molecule has 74 valence electrons. The Labute approximate surface area is 80.8 Å². The zero-order valence-electron chi connectivity index (χ0n) is 8.11. The van der Waals surface area contributed by atoms with E-state index in [1.807, 2.05) is 13.8 Å². The van der Waals surface area contributed by atoms with Crippen molar-refractivity contribution in [2.75, 3.05) is 0 Å². The summed E-state index contributed by atoms with van der Waals surface area (Å²) in [7, 11) is 0. The van der Waals surface area contributed by atoms with Crippen LogP contribution in [0, 0.1) is 0 Å². The zero-order chi connectivity index (χ0) is 10.3. The van der Waals surface area contributed by atoms with Gasteiger partial charge in [0.25, 0.3) is 5.56 Å². The van der Waals surface area contributed by atoms with E-state index >= 15 is 0 Å². The van der Waals surface area contributed by atoms with Gasteiger partial charge in [0.05, 0.1) is 5.52 Å². The topological polar surface area (TPSA) is 58.0 Å². The molecule has 1 heterocycles. The number of aromatic nitrogens is 2. The van der Waals surface area contributed by atoms with Crippen LogP contribution in [0.25, 0.3) is 10.9 Å². The SMILES string of the molecule is CC(C)n1[nH]c2cccc(O)c2c1=O. The Morgan fingerprint density at radius 1 is 1.43 bits per heavy atom. The summed E-state index contributed by atoms with van der Waals surface area (Å²) in [5.74, 6) is 0.0307. The number of nitrogens with one attached hydrogen (secondary N) is 1. The van der Waals surface area contributed by atoms with Crippen LogP contribution in [0.5, 0.6) is 5.75 Å². The zero-order valence-corrected chi connectivity index (χ0v) is 8.11. The number of aromatic hydroxyl groups is 1. The molecule has 0 saturated heterocycles. The fourth-order valence-corrected chi connectivity index (χ4v) is 1.52. The summed E-state index contributed by atoms with van der Waals surface area (Å²) in [4.78, 5) is 11.8. The predicted molar refractivity (Wildman–Crippen MR) is 54.6 cm³/mol. The molecule has 0 saturated carbocycles.